The van der Waals surface area contributed by atoms with Crippen molar-refractivity contribution in [2.24, 2.45) is 0 Å². The van der Waals surface area contributed by atoms with Gasteiger partial charge in [0, 0.05) is 30.5 Å². The topological polar surface area (TPSA) is 76.0 Å². The van der Waals surface area contributed by atoms with E-state index < -0.39 is 0 Å². The zero-order valence-electron chi connectivity index (χ0n) is 15.1. The van der Waals surface area contributed by atoms with E-state index in [1.54, 1.807) is 4.57 Å². The molecule has 2 rings (SSSR count). The molecule has 1 fully saturated rings. The monoisotopic (exact) mass is 334 g/mol. The van der Waals surface area contributed by atoms with Gasteiger partial charge in [-0.2, -0.15) is 4.98 Å². The molecule has 24 heavy (non-hydrogen) atoms. The van der Waals surface area contributed by atoms with Gasteiger partial charge in [-0.1, -0.05) is 26.2 Å². The van der Waals surface area contributed by atoms with Crippen LogP contribution in [0, 0.1) is 13.8 Å². The fraction of sp³-hybridized carbons (Fsp3) is 0.722. The summed E-state index contributed by atoms with van der Waals surface area (Å²) in [6, 6.07) is 2.02. The molecule has 6 nitrogen and oxygen atoms in total. The molecule has 1 saturated carbocycles. The van der Waals surface area contributed by atoms with Crippen LogP contribution in [0.5, 0.6) is 0 Å². The Hall–Kier alpha value is -1.69. The summed E-state index contributed by atoms with van der Waals surface area (Å²) in [6.45, 7) is 6.82. The number of rotatable bonds is 7. The van der Waals surface area contributed by atoms with E-state index in [0.717, 1.165) is 30.7 Å². The Bertz CT molecular complexity index is 606. The van der Waals surface area contributed by atoms with Crippen LogP contribution in [-0.4, -0.2) is 34.1 Å². The van der Waals surface area contributed by atoms with Crippen LogP contribution >= 0.6 is 0 Å². The molecule has 1 aromatic rings. The van der Waals surface area contributed by atoms with E-state index in [1.807, 2.05) is 26.8 Å². The molecule has 2 N–H and O–H groups in total. The highest BCUT2D eigenvalue weighted by Gasteiger charge is 2.21. The molecule has 0 saturated heterocycles. The third kappa shape index (κ3) is 5.16. The molecule has 0 spiro atoms. The number of amides is 1. The highest BCUT2D eigenvalue weighted by molar-refractivity contribution is 5.81. The van der Waals surface area contributed by atoms with Crippen LogP contribution < -0.4 is 16.3 Å². The quantitative estimate of drug-likeness (QED) is 0.795. The molecule has 0 aliphatic heterocycles. The van der Waals surface area contributed by atoms with Gasteiger partial charge >= 0.3 is 5.69 Å². The Labute approximate surface area is 144 Å². The number of nitrogens with one attached hydrogen (secondary N) is 2. The van der Waals surface area contributed by atoms with Gasteiger partial charge in [0.1, 0.15) is 0 Å². The third-order valence-corrected chi connectivity index (χ3v) is 4.75. The van der Waals surface area contributed by atoms with Crippen LogP contribution in [0.15, 0.2) is 10.9 Å². The summed E-state index contributed by atoms with van der Waals surface area (Å²) < 4.78 is 1.64. The summed E-state index contributed by atoms with van der Waals surface area (Å²) in [5.41, 5.74) is 1.41. The zero-order valence-corrected chi connectivity index (χ0v) is 15.1. The predicted octanol–water partition coefficient (Wildman–Crippen LogP) is 1.68. The van der Waals surface area contributed by atoms with Crippen LogP contribution in [0.3, 0.4) is 0 Å². The molecule has 1 atom stereocenters. The van der Waals surface area contributed by atoms with E-state index in [-0.39, 0.29) is 17.6 Å². The van der Waals surface area contributed by atoms with Crippen molar-refractivity contribution in [1.82, 2.24) is 20.2 Å². The summed E-state index contributed by atoms with van der Waals surface area (Å²) in [6.07, 6.45) is 6.60. The summed E-state index contributed by atoms with van der Waals surface area (Å²) in [5, 5.41) is 6.44. The van der Waals surface area contributed by atoms with Crippen molar-refractivity contribution < 1.29 is 4.79 Å². The van der Waals surface area contributed by atoms with E-state index in [4.69, 9.17) is 0 Å². The molecule has 1 aliphatic carbocycles. The van der Waals surface area contributed by atoms with Crippen LogP contribution in [0.4, 0.5) is 0 Å². The number of hydrogen-bond acceptors (Lipinski definition) is 4. The summed E-state index contributed by atoms with van der Waals surface area (Å²) in [4.78, 5) is 28.3. The molecule has 0 radical (unpaired) electrons. The van der Waals surface area contributed by atoms with E-state index in [2.05, 4.69) is 15.6 Å². The molecule has 0 unspecified atom stereocenters. The molecule has 0 aromatic carbocycles. The Morgan fingerprint density at radius 1 is 1.33 bits per heavy atom. The van der Waals surface area contributed by atoms with Crippen molar-refractivity contribution in [1.29, 1.82) is 0 Å². The first-order valence-electron chi connectivity index (χ1n) is 9.10. The number of aromatic nitrogens is 2. The summed E-state index contributed by atoms with van der Waals surface area (Å²) in [7, 11) is 0. The predicted molar refractivity (Wildman–Crippen MR) is 95.1 cm³/mol. The van der Waals surface area contributed by atoms with Crippen molar-refractivity contribution in [3.8, 4) is 0 Å². The lowest BCUT2D eigenvalue weighted by atomic mass is 9.95. The smallest absolute Gasteiger partial charge is 0.347 e. The van der Waals surface area contributed by atoms with Crippen molar-refractivity contribution in [2.45, 2.75) is 77.9 Å². The molecule has 134 valence electrons. The van der Waals surface area contributed by atoms with Gasteiger partial charge in [-0.15, -0.1) is 0 Å². The Morgan fingerprint density at radius 3 is 2.67 bits per heavy atom. The van der Waals surface area contributed by atoms with E-state index >= 15 is 0 Å². The fourth-order valence-electron chi connectivity index (χ4n) is 3.37. The Morgan fingerprint density at radius 2 is 2.04 bits per heavy atom. The maximum Gasteiger partial charge on any atom is 0.347 e. The number of nitrogens with zero attached hydrogens (tertiary/aromatic N) is 2. The second-order valence-electron chi connectivity index (χ2n) is 6.73. The minimum Gasteiger partial charge on any atom is -0.352 e. The van der Waals surface area contributed by atoms with Gasteiger partial charge in [-0.05, 0) is 39.2 Å². The lowest BCUT2D eigenvalue weighted by molar-refractivity contribution is -0.124. The van der Waals surface area contributed by atoms with Gasteiger partial charge in [-0.25, -0.2) is 4.79 Å². The first-order chi connectivity index (χ1) is 11.5. The molecule has 1 amide bonds. The highest BCUT2D eigenvalue weighted by Crippen LogP contribution is 2.17. The lowest BCUT2D eigenvalue weighted by Crippen LogP contribution is -2.49. The van der Waals surface area contributed by atoms with Crippen molar-refractivity contribution >= 4 is 5.91 Å². The first kappa shape index (κ1) is 18.6. The molecular weight excluding hydrogens is 304 g/mol. The van der Waals surface area contributed by atoms with Crippen molar-refractivity contribution in [2.75, 3.05) is 6.54 Å². The van der Waals surface area contributed by atoms with Crippen molar-refractivity contribution in [3.63, 3.8) is 0 Å². The average molecular weight is 334 g/mol. The van der Waals surface area contributed by atoms with Gasteiger partial charge in [0.15, 0.2) is 0 Å². The van der Waals surface area contributed by atoms with E-state index in [1.165, 1.54) is 19.3 Å². The standard InChI is InChI=1S/C18H30N4O2/c1-4-16(17(23)21-15-8-6-5-7-9-15)19-10-11-22-14(3)12-13(2)20-18(22)24/h12,15-16,19H,4-11H2,1-3H3,(H,21,23)/t16-/m0/s1. The fourth-order valence-corrected chi connectivity index (χ4v) is 3.37. The third-order valence-electron chi connectivity index (χ3n) is 4.75. The molecule has 6 heteroatoms. The molecule has 1 aliphatic rings. The zero-order chi connectivity index (χ0) is 17.5. The number of carbonyl (C=O) groups is 1. The largest absolute Gasteiger partial charge is 0.352 e. The van der Waals surface area contributed by atoms with Gasteiger partial charge < -0.3 is 10.6 Å². The van der Waals surface area contributed by atoms with Crippen LogP contribution in [0.1, 0.15) is 56.8 Å². The van der Waals surface area contributed by atoms with E-state index in [0.29, 0.717) is 19.1 Å². The second-order valence-corrected chi connectivity index (χ2v) is 6.73. The second kappa shape index (κ2) is 8.97. The maximum absolute atomic E-state index is 12.4. The van der Waals surface area contributed by atoms with Crippen LogP contribution in [0.25, 0.3) is 0 Å². The molecule has 1 aromatic heterocycles. The maximum atomic E-state index is 12.4. The van der Waals surface area contributed by atoms with Crippen molar-refractivity contribution in [3.05, 3.63) is 27.9 Å². The van der Waals surface area contributed by atoms with Crippen LogP contribution in [0.2, 0.25) is 0 Å². The van der Waals surface area contributed by atoms with Gasteiger partial charge in [0.25, 0.3) is 0 Å². The average Bonchev–Trinajstić information content (AvgIpc) is 2.54. The SMILES string of the molecule is CC[C@H](NCCn1c(C)cc(C)nc1=O)C(=O)NC1CCCCC1. The Balaban J connectivity index is 1.85. The minimum absolute atomic E-state index is 0.0792. The first-order valence-corrected chi connectivity index (χ1v) is 9.10. The van der Waals surface area contributed by atoms with E-state index in [9.17, 15) is 9.59 Å². The number of aryl methyl sites for hydroxylation is 2. The molecule has 1 heterocycles. The summed E-state index contributed by atoms with van der Waals surface area (Å²) in [5.74, 6) is 0.0792. The molecule has 0 bridgehead atoms. The normalized spacial score (nSPS) is 16.8. The number of hydrogen-bond donors (Lipinski definition) is 2. The highest BCUT2D eigenvalue weighted by atomic mass is 16.2. The number of carbonyl (C=O) groups excluding carboxylic acids is 1. The van der Waals surface area contributed by atoms with Gasteiger partial charge in [-0.3, -0.25) is 9.36 Å². The van der Waals surface area contributed by atoms with Gasteiger partial charge in [0.2, 0.25) is 5.91 Å². The molecular formula is C18H30N4O2. The minimum atomic E-state index is -0.228. The van der Waals surface area contributed by atoms with Crippen LogP contribution in [-0.2, 0) is 11.3 Å². The van der Waals surface area contributed by atoms with Gasteiger partial charge in [0.05, 0.1) is 6.04 Å². The summed E-state index contributed by atoms with van der Waals surface area (Å²) >= 11 is 0. The Kier molecular flexibility index (Phi) is 6.97. The lowest BCUT2D eigenvalue weighted by Gasteiger charge is -2.25.